The Balaban J connectivity index is -0.00000364. The van der Waals surface area contributed by atoms with Crippen LogP contribution in [0, 0.1) is 11.8 Å². The molecule has 0 heterocycles. The summed E-state index contributed by atoms with van der Waals surface area (Å²) in [4.78, 5) is 24.2. The monoisotopic (exact) mass is 468 g/mol. The quantitative estimate of drug-likeness (QED) is 0.210. The Morgan fingerprint density at radius 3 is 1.63 bits per heavy atom. The predicted molar refractivity (Wildman–Crippen MR) is 120 cm³/mol. The van der Waals surface area contributed by atoms with Crippen molar-refractivity contribution in [1.82, 2.24) is 0 Å². The fourth-order valence-electron chi connectivity index (χ4n) is 2.82. The molecule has 0 aliphatic carbocycles. The van der Waals surface area contributed by atoms with Crippen molar-refractivity contribution in [2.45, 2.75) is 90.7 Å². The Morgan fingerprint density at radius 1 is 0.833 bits per heavy atom. The molecule has 3 atom stereocenters. The summed E-state index contributed by atoms with van der Waals surface area (Å²) in [6, 6.07) is 0. The third-order valence-corrected chi connectivity index (χ3v) is 6.08. The first kappa shape index (κ1) is 35.4. The third kappa shape index (κ3) is 16.5. The maximum absolute atomic E-state index is 12.2. The molecule has 0 spiro atoms. The van der Waals surface area contributed by atoms with E-state index in [0.717, 1.165) is 51.4 Å². The maximum Gasteiger partial charge on any atom is 0.327 e. The van der Waals surface area contributed by atoms with Crippen molar-refractivity contribution < 1.29 is 32.0 Å². The minimum atomic E-state index is -4.76. The Hall–Kier alpha value is 0.850. The Bertz CT molecular complexity index is 555. The topological polar surface area (TPSA) is 107 Å². The summed E-state index contributed by atoms with van der Waals surface area (Å²) in [5, 5.41) is -1.95. The molecule has 0 aromatic carbocycles. The molecule has 0 bridgehead atoms. The number of hydrogen-bond acceptors (Lipinski definition) is 6. The number of carbonyl (C=O) groups is 2. The standard InChI is InChI=1S/C20H38O7S.2Na/c1-5-9-11-16(7-3)14-26-19(21)13-18(28(23,24)25)20(22)27-15-17(8-4)12-10-6-2;;/h16-18H,5-15H2,1-4H3,(H,23,24,25);;. The van der Waals surface area contributed by atoms with Gasteiger partial charge in [0.15, 0.2) is 5.25 Å². The number of ether oxygens (including phenoxy) is 2. The summed E-state index contributed by atoms with van der Waals surface area (Å²) in [7, 11) is -4.76. The second-order valence-electron chi connectivity index (χ2n) is 7.35. The van der Waals surface area contributed by atoms with E-state index in [1.54, 1.807) is 0 Å². The van der Waals surface area contributed by atoms with Gasteiger partial charge in [-0.2, -0.15) is 8.42 Å². The molecular formula is C20H38Na2O7S. The molecule has 7 nitrogen and oxygen atoms in total. The van der Waals surface area contributed by atoms with Gasteiger partial charge in [0.25, 0.3) is 10.1 Å². The molecule has 0 saturated carbocycles. The van der Waals surface area contributed by atoms with Crippen molar-refractivity contribution in [3.63, 3.8) is 0 Å². The predicted octanol–water partition coefficient (Wildman–Crippen LogP) is 3.39. The van der Waals surface area contributed by atoms with Crippen LogP contribution < -0.4 is 0 Å². The molecule has 0 aromatic rings. The van der Waals surface area contributed by atoms with E-state index in [9.17, 15) is 22.6 Å². The van der Waals surface area contributed by atoms with E-state index in [-0.39, 0.29) is 84.2 Å². The van der Waals surface area contributed by atoms with Crippen LogP contribution in [0.1, 0.15) is 85.5 Å². The van der Waals surface area contributed by atoms with Crippen LogP contribution >= 0.6 is 0 Å². The molecule has 2 radical (unpaired) electrons. The molecule has 0 saturated heterocycles. The maximum atomic E-state index is 12.2. The second-order valence-corrected chi connectivity index (χ2v) is 8.95. The number of carbonyl (C=O) groups excluding carboxylic acids is 2. The van der Waals surface area contributed by atoms with E-state index >= 15 is 0 Å². The van der Waals surface area contributed by atoms with Gasteiger partial charge in [-0.3, -0.25) is 14.1 Å². The van der Waals surface area contributed by atoms with Gasteiger partial charge in [-0.05, 0) is 24.7 Å². The average Bonchev–Trinajstić information content (AvgIpc) is 2.65. The zero-order valence-corrected chi connectivity index (χ0v) is 24.6. The van der Waals surface area contributed by atoms with Gasteiger partial charge < -0.3 is 9.47 Å². The molecule has 10 heteroatoms. The summed E-state index contributed by atoms with van der Waals surface area (Å²) < 4.78 is 42.8. The van der Waals surface area contributed by atoms with Gasteiger partial charge in [0.2, 0.25) is 0 Å². The van der Waals surface area contributed by atoms with Crippen LogP contribution in [-0.2, 0) is 29.2 Å². The Labute approximate surface area is 227 Å². The molecule has 168 valence electrons. The van der Waals surface area contributed by atoms with Crippen molar-refractivity contribution in [3.05, 3.63) is 0 Å². The first-order valence-corrected chi connectivity index (χ1v) is 12.0. The summed E-state index contributed by atoms with van der Waals surface area (Å²) >= 11 is 0. The molecular weight excluding hydrogens is 430 g/mol. The zero-order chi connectivity index (χ0) is 21.6. The molecule has 0 amide bonds. The SMILES string of the molecule is CCCCC(CC)COC(=O)CC(C(=O)OCC(CC)CCCC)S(=O)(=O)O.[Na].[Na]. The second kappa shape index (κ2) is 20.5. The van der Waals surface area contributed by atoms with E-state index in [4.69, 9.17) is 9.47 Å². The van der Waals surface area contributed by atoms with E-state index in [1.165, 1.54) is 0 Å². The molecule has 1 N–H and O–H groups in total. The molecule has 0 aliphatic rings. The van der Waals surface area contributed by atoms with Gasteiger partial charge in [0, 0.05) is 59.1 Å². The van der Waals surface area contributed by atoms with Crippen molar-refractivity contribution in [1.29, 1.82) is 0 Å². The van der Waals surface area contributed by atoms with E-state index in [1.807, 2.05) is 13.8 Å². The summed E-state index contributed by atoms with van der Waals surface area (Å²) in [5.74, 6) is -1.61. The number of hydrogen-bond donors (Lipinski definition) is 1. The molecule has 0 fully saturated rings. The zero-order valence-electron chi connectivity index (χ0n) is 19.8. The van der Waals surface area contributed by atoms with Crippen molar-refractivity contribution in [2.75, 3.05) is 13.2 Å². The van der Waals surface area contributed by atoms with Crippen LogP contribution in [0.2, 0.25) is 0 Å². The summed E-state index contributed by atoms with van der Waals surface area (Å²) in [6.07, 6.45) is 6.74. The largest absolute Gasteiger partial charge is 0.465 e. The van der Waals surface area contributed by atoms with E-state index in [0.29, 0.717) is 0 Å². The van der Waals surface area contributed by atoms with Crippen molar-refractivity contribution in [2.24, 2.45) is 11.8 Å². The molecule has 3 unspecified atom stereocenters. The number of esters is 2. The van der Waals surface area contributed by atoms with Gasteiger partial charge >= 0.3 is 11.9 Å². The summed E-state index contributed by atoms with van der Waals surface area (Å²) in [5.41, 5.74) is 0. The van der Waals surface area contributed by atoms with Crippen molar-refractivity contribution >= 4 is 81.2 Å². The molecule has 0 rings (SSSR count). The molecule has 0 aliphatic heterocycles. The molecule has 0 aromatic heterocycles. The van der Waals surface area contributed by atoms with Gasteiger partial charge in [-0.1, -0.05) is 66.2 Å². The minimum Gasteiger partial charge on any atom is -0.465 e. The van der Waals surface area contributed by atoms with Gasteiger partial charge in [-0.25, -0.2) is 0 Å². The first-order chi connectivity index (χ1) is 13.2. The molecule has 30 heavy (non-hydrogen) atoms. The van der Waals surface area contributed by atoms with Crippen LogP contribution in [0.15, 0.2) is 0 Å². The fourth-order valence-corrected chi connectivity index (χ4v) is 3.48. The number of rotatable bonds is 16. The first-order valence-electron chi connectivity index (χ1n) is 10.5. The smallest absolute Gasteiger partial charge is 0.327 e. The van der Waals surface area contributed by atoms with Gasteiger partial charge in [0.1, 0.15) is 0 Å². The van der Waals surface area contributed by atoms with Crippen molar-refractivity contribution in [3.8, 4) is 0 Å². The Morgan fingerprint density at radius 2 is 1.27 bits per heavy atom. The average molecular weight is 469 g/mol. The van der Waals surface area contributed by atoms with Gasteiger partial charge in [-0.15, -0.1) is 0 Å². The normalized spacial score (nSPS) is 13.9. The van der Waals surface area contributed by atoms with E-state index < -0.39 is 33.7 Å². The van der Waals surface area contributed by atoms with Crippen LogP contribution in [0.5, 0.6) is 0 Å². The van der Waals surface area contributed by atoms with Crippen LogP contribution in [-0.4, -0.2) is 102 Å². The minimum absolute atomic E-state index is 0. The fraction of sp³-hybridized carbons (Fsp3) is 0.900. The van der Waals surface area contributed by atoms with Crippen LogP contribution in [0.4, 0.5) is 0 Å². The van der Waals surface area contributed by atoms with Crippen LogP contribution in [0.3, 0.4) is 0 Å². The van der Waals surface area contributed by atoms with E-state index in [2.05, 4.69) is 13.8 Å². The Kier molecular flexibility index (Phi) is 24.2. The number of unbranched alkanes of at least 4 members (excludes halogenated alkanes) is 2. The van der Waals surface area contributed by atoms with Crippen LogP contribution in [0.25, 0.3) is 0 Å². The third-order valence-electron chi connectivity index (χ3n) is 5.00. The van der Waals surface area contributed by atoms with Gasteiger partial charge in [0.05, 0.1) is 19.6 Å². The summed E-state index contributed by atoms with van der Waals surface area (Å²) in [6.45, 7) is 8.35.